The lowest BCUT2D eigenvalue weighted by atomic mass is 10.0. The number of fused-ring (bicyclic) bond motifs is 1. The van der Waals surface area contributed by atoms with Gasteiger partial charge < -0.3 is 24.8 Å². The van der Waals surface area contributed by atoms with Gasteiger partial charge in [-0.3, -0.25) is 24.1 Å². The minimum Gasteiger partial charge on any atom is -0.370 e. The number of aromatic nitrogens is 1. The van der Waals surface area contributed by atoms with Crippen molar-refractivity contribution in [2.24, 2.45) is 0 Å². The molecule has 0 aliphatic carbocycles. The molecular weight excluding hydrogens is 540 g/mol. The molecular formula is C31H32N4O7. The van der Waals surface area contributed by atoms with Crippen LogP contribution >= 0.6 is 0 Å². The number of hydrogen-bond donors (Lipinski definition) is 2. The van der Waals surface area contributed by atoms with Crippen LogP contribution in [0.5, 0.6) is 0 Å². The van der Waals surface area contributed by atoms with Crippen LogP contribution < -0.4 is 10.6 Å². The molecule has 1 fully saturated rings. The fourth-order valence-corrected chi connectivity index (χ4v) is 5.08. The average molecular weight is 573 g/mol. The number of nitrogens with zero attached hydrogens (tertiary/aromatic N) is 2. The number of amides is 4. The van der Waals surface area contributed by atoms with E-state index in [1.165, 1.54) is 18.0 Å². The van der Waals surface area contributed by atoms with Crippen molar-refractivity contribution in [2.75, 3.05) is 33.9 Å². The molecule has 3 heterocycles. The van der Waals surface area contributed by atoms with E-state index in [4.69, 9.17) is 14.2 Å². The Morgan fingerprint density at radius 2 is 1.62 bits per heavy atom. The van der Waals surface area contributed by atoms with Crippen molar-refractivity contribution in [3.8, 4) is 0 Å². The van der Waals surface area contributed by atoms with Gasteiger partial charge in [0.25, 0.3) is 23.6 Å². The number of carbonyl (C=O) groups is 4. The average Bonchev–Trinajstić information content (AvgIpc) is 3.29. The van der Waals surface area contributed by atoms with Crippen molar-refractivity contribution in [2.45, 2.75) is 31.3 Å². The van der Waals surface area contributed by atoms with Gasteiger partial charge in [0.05, 0.1) is 36.1 Å². The van der Waals surface area contributed by atoms with Crippen molar-refractivity contribution >= 4 is 23.6 Å². The van der Waals surface area contributed by atoms with Crippen LogP contribution in [0.2, 0.25) is 0 Å². The van der Waals surface area contributed by atoms with Gasteiger partial charge in [-0.2, -0.15) is 0 Å². The molecule has 11 heteroatoms. The summed E-state index contributed by atoms with van der Waals surface area (Å²) in [6, 6.07) is 18.7. The molecule has 2 aromatic carbocycles. The van der Waals surface area contributed by atoms with Crippen molar-refractivity contribution in [1.82, 2.24) is 20.5 Å². The summed E-state index contributed by atoms with van der Waals surface area (Å²) in [6.07, 6.45) is -0.0277. The molecule has 1 atom stereocenters. The lowest BCUT2D eigenvalue weighted by molar-refractivity contribution is -0.199. The van der Waals surface area contributed by atoms with Gasteiger partial charge in [0.2, 0.25) is 0 Å². The second-order valence-corrected chi connectivity index (χ2v) is 9.95. The highest BCUT2D eigenvalue weighted by Gasteiger charge is 2.41. The van der Waals surface area contributed by atoms with Crippen LogP contribution in [-0.4, -0.2) is 79.8 Å². The lowest BCUT2D eigenvalue weighted by Gasteiger charge is -2.33. The smallest absolute Gasteiger partial charge is 0.269 e. The number of rotatable bonds is 10. The Labute approximate surface area is 243 Å². The van der Waals surface area contributed by atoms with Crippen LogP contribution in [0.15, 0.2) is 66.7 Å². The molecule has 3 aromatic rings. The summed E-state index contributed by atoms with van der Waals surface area (Å²) in [7, 11) is 3.04. The fourth-order valence-electron chi connectivity index (χ4n) is 5.08. The molecule has 4 amide bonds. The van der Waals surface area contributed by atoms with Crippen molar-refractivity contribution in [3.05, 3.63) is 100 Å². The molecule has 2 aliphatic rings. The minimum atomic E-state index is -0.563. The van der Waals surface area contributed by atoms with E-state index >= 15 is 0 Å². The third-order valence-corrected chi connectivity index (χ3v) is 7.22. The zero-order valence-electron chi connectivity index (χ0n) is 23.4. The first kappa shape index (κ1) is 29.1. The van der Waals surface area contributed by atoms with Crippen LogP contribution in [0.1, 0.15) is 71.8 Å². The fraction of sp³-hybridized carbons (Fsp3) is 0.323. The van der Waals surface area contributed by atoms with Gasteiger partial charge in [-0.05, 0) is 36.2 Å². The molecule has 0 radical (unpaired) electrons. The maximum absolute atomic E-state index is 13.1. The molecule has 1 unspecified atom stereocenters. The summed E-state index contributed by atoms with van der Waals surface area (Å²) in [5, 5.41) is 5.42. The van der Waals surface area contributed by atoms with E-state index in [0.29, 0.717) is 36.2 Å². The highest BCUT2D eigenvalue weighted by atomic mass is 16.7. The van der Waals surface area contributed by atoms with Crippen LogP contribution in [0, 0.1) is 0 Å². The number of imide groups is 1. The van der Waals surface area contributed by atoms with Crippen LogP contribution in [0.3, 0.4) is 0 Å². The van der Waals surface area contributed by atoms with Gasteiger partial charge in [0, 0.05) is 32.7 Å². The predicted molar refractivity (Wildman–Crippen MR) is 151 cm³/mol. The largest absolute Gasteiger partial charge is 0.370 e. The number of benzene rings is 2. The number of hydrogen-bond acceptors (Lipinski definition) is 8. The summed E-state index contributed by atoms with van der Waals surface area (Å²) >= 11 is 0. The standard InChI is InChI=1S/C31H32N4O7/c1-32-29(37)25-16-20(15-24(34-25)27(40-2)19-9-4-3-5-10-19)28(36)33-14-8-13-26-41-17-21(18-42-26)35-30(38)22-11-6-7-12-23(22)31(35)39/h3-7,9-12,15-16,21,26-27H,8,13-14,17-18H2,1-2H3,(H,32,37)(H,33,36)/t21-,26-,27?. The molecule has 2 N–H and O–H groups in total. The van der Waals surface area contributed by atoms with Crippen LogP contribution in [-0.2, 0) is 14.2 Å². The predicted octanol–water partition coefficient (Wildman–Crippen LogP) is 2.72. The number of pyridine rings is 1. The SMILES string of the molecule is CNC(=O)c1cc(C(=O)NCCC[C@H]2OC[C@H](N3C(=O)c4ccccc4C3=O)CO2)cc(C(OC)c2ccccc2)n1. The van der Waals surface area contributed by atoms with E-state index in [9.17, 15) is 19.2 Å². The van der Waals surface area contributed by atoms with Gasteiger partial charge in [0.1, 0.15) is 11.8 Å². The van der Waals surface area contributed by atoms with Gasteiger partial charge in [-0.15, -0.1) is 0 Å². The van der Waals surface area contributed by atoms with E-state index in [-0.39, 0.29) is 42.2 Å². The first-order chi connectivity index (χ1) is 20.4. The normalized spacial score (nSPS) is 18.9. The molecule has 218 valence electrons. The Hall–Kier alpha value is -4.45. The molecule has 0 saturated carbocycles. The summed E-state index contributed by atoms with van der Waals surface area (Å²) in [4.78, 5) is 56.6. The molecule has 1 aromatic heterocycles. The molecule has 0 bridgehead atoms. The Morgan fingerprint density at radius 1 is 0.976 bits per heavy atom. The molecule has 11 nitrogen and oxygen atoms in total. The third-order valence-electron chi connectivity index (χ3n) is 7.22. The van der Waals surface area contributed by atoms with Crippen molar-refractivity contribution < 1.29 is 33.4 Å². The first-order valence-corrected chi connectivity index (χ1v) is 13.7. The number of methoxy groups -OCH3 is 1. The number of nitrogens with one attached hydrogen (secondary N) is 2. The number of carbonyl (C=O) groups excluding carboxylic acids is 4. The highest BCUT2D eigenvalue weighted by Crippen LogP contribution is 2.27. The second-order valence-electron chi connectivity index (χ2n) is 9.95. The maximum atomic E-state index is 13.1. The second kappa shape index (κ2) is 13.0. The molecule has 5 rings (SSSR count). The summed E-state index contributed by atoms with van der Waals surface area (Å²) < 4.78 is 17.3. The Bertz CT molecular complexity index is 1440. The zero-order valence-corrected chi connectivity index (χ0v) is 23.4. The van der Waals surface area contributed by atoms with Crippen LogP contribution in [0.4, 0.5) is 0 Å². The Morgan fingerprint density at radius 3 is 2.24 bits per heavy atom. The topological polar surface area (TPSA) is 136 Å². The summed E-state index contributed by atoms with van der Waals surface area (Å²) in [5.41, 5.74) is 2.45. The van der Waals surface area contributed by atoms with Crippen molar-refractivity contribution in [3.63, 3.8) is 0 Å². The molecule has 2 aliphatic heterocycles. The summed E-state index contributed by atoms with van der Waals surface area (Å²) in [6.45, 7) is 0.683. The molecule has 42 heavy (non-hydrogen) atoms. The highest BCUT2D eigenvalue weighted by molar-refractivity contribution is 6.21. The Kier molecular flexibility index (Phi) is 9.01. The van der Waals surface area contributed by atoms with E-state index in [1.807, 2.05) is 30.3 Å². The van der Waals surface area contributed by atoms with Gasteiger partial charge in [0.15, 0.2) is 6.29 Å². The van der Waals surface area contributed by atoms with Gasteiger partial charge in [-0.25, -0.2) is 4.98 Å². The third kappa shape index (κ3) is 6.08. The first-order valence-electron chi connectivity index (χ1n) is 13.7. The minimum absolute atomic E-state index is 0.106. The molecule has 1 saturated heterocycles. The maximum Gasteiger partial charge on any atom is 0.269 e. The monoisotopic (exact) mass is 572 g/mol. The van der Waals surface area contributed by atoms with Gasteiger partial charge in [-0.1, -0.05) is 42.5 Å². The summed E-state index contributed by atoms with van der Waals surface area (Å²) in [5.74, 6) is -1.45. The quantitative estimate of drug-likeness (QED) is 0.280. The van der Waals surface area contributed by atoms with E-state index in [0.717, 1.165) is 5.56 Å². The van der Waals surface area contributed by atoms with Gasteiger partial charge >= 0.3 is 0 Å². The van der Waals surface area contributed by atoms with E-state index in [1.54, 1.807) is 37.4 Å². The Balaban J connectivity index is 1.14. The number of ether oxygens (including phenoxy) is 3. The zero-order chi connectivity index (χ0) is 29.6. The van der Waals surface area contributed by atoms with Crippen LogP contribution in [0.25, 0.3) is 0 Å². The lowest BCUT2D eigenvalue weighted by Crippen LogP contribution is -2.49. The van der Waals surface area contributed by atoms with Crippen molar-refractivity contribution in [1.29, 1.82) is 0 Å². The van der Waals surface area contributed by atoms with E-state index < -0.39 is 24.3 Å². The molecule has 0 spiro atoms. The van der Waals surface area contributed by atoms with E-state index in [2.05, 4.69) is 15.6 Å².